The predicted molar refractivity (Wildman–Crippen MR) is 83.5 cm³/mol. The minimum Gasteiger partial charge on any atom is -0.379 e. The number of hydrogen-bond acceptors (Lipinski definition) is 4. The van der Waals surface area contributed by atoms with Crippen LogP contribution in [0.5, 0.6) is 0 Å². The number of ether oxygens (including phenoxy) is 1. The third kappa shape index (κ3) is 3.76. The second-order valence-corrected chi connectivity index (χ2v) is 6.92. The number of urea groups is 1. The molecule has 2 N–H and O–H groups in total. The first-order chi connectivity index (χ1) is 10.4. The molecule has 0 aromatic heterocycles. The van der Waals surface area contributed by atoms with Crippen LogP contribution in [0.25, 0.3) is 0 Å². The highest BCUT2D eigenvalue weighted by molar-refractivity contribution is 7.89. The van der Waals surface area contributed by atoms with E-state index >= 15 is 0 Å². The molecule has 1 aromatic rings. The maximum Gasteiger partial charge on any atom is 0.319 e. The Labute approximate surface area is 130 Å². The van der Waals surface area contributed by atoms with Crippen molar-refractivity contribution in [3.63, 3.8) is 0 Å². The Hall–Kier alpha value is -1.64. The molecule has 2 amide bonds. The van der Waals surface area contributed by atoms with Gasteiger partial charge in [-0.1, -0.05) is 6.07 Å². The highest BCUT2D eigenvalue weighted by Gasteiger charge is 2.26. The van der Waals surface area contributed by atoms with Gasteiger partial charge in [0.2, 0.25) is 10.0 Å². The predicted octanol–water partition coefficient (Wildman–Crippen LogP) is 1.16. The van der Waals surface area contributed by atoms with Gasteiger partial charge in [-0.2, -0.15) is 4.31 Å². The lowest BCUT2D eigenvalue weighted by Gasteiger charge is -2.26. The molecule has 22 heavy (non-hydrogen) atoms. The van der Waals surface area contributed by atoms with E-state index in [1.807, 2.05) is 13.8 Å². The second kappa shape index (κ2) is 7.08. The molecule has 0 spiro atoms. The largest absolute Gasteiger partial charge is 0.379 e. The first-order valence-corrected chi connectivity index (χ1v) is 8.62. The maximum absolute atomic E-state index is 12.6. The van der Waals surface area contributed by atoms with Crippen molar-refractivity contribution in [2.45, 2.75) is 18.7 Å². The molecule has 1 heterocycles. The molecule has 8 heteroatoms. The maximum atomic E-state index is 12.6. The summed E-state index contributed by atoms with van der Waals surface area (Å²) in [6.07, 6.45) is 0. The van der Waals surface area contributed by atoms with Crippen LogP contribution in [0.1, 0.15) is 12.5 Å². The molecular weight excluding hydrogens is 306 g/mol. The van der Waals surface area contributed by atoms with Gasteiger partial charge in [0.1, 0.15) is 0 Å². The molecule has 1 saturated heterocycles. The lowest BCUT2D eigenvalue weighted by molar-refractivity contribution is 0.0730. The smallest absolute Gasteiger partial charge is 0.319 e. The molecule has 0 unspecified atom stereocenters. The Bertz CT molecular complexity index is 639. The van der Waals surface area contributed by atoms with Gasteiger partial charge in [0.05, 0.1) is 18.1 Å². The number of rotatable bonds is 4. The number of sulfonamides is 1. The Kier molecular flexibility index (Phi) is 5.38. The van der Waals surface area contributed by atoms with Crippen LogP contribution in [-0.2, 0) is 14.8 Å². The van der Waals surface area contributed by atoms with E-state index in [0.29, 0.717) is 38.5 Å². The number of nitrogens with one attached hydrogen (secondary N) is 2. The summed E-state index contributed by atoms with van der Waals surface area (Å²) in [5, 5.41) is 5.29. The van der Waals surface area contributed by atoms with Gasteiger partial charge in [0.25, 0.3) is 0 Å². The van der Waals surface area contributed by atoms with Crippen molar-refractivity contribution in [1.29, 1.82) is 0 Å². The molecule has 1 aromatic carbocycles. The lowest BCUT2D eigenvalue weighted by Crippen LogP contribution is -2.40. The highest BCUT2D eigenvalue weighted by atomic mass is 32.2. The summed E-state index contributed by atoms with van der Waals surface area (Å²) in [4.78, 5) is 11.8. The van der Waals surface area contributed by atoms with Gasteiger partial charge in [0, 0.05) is 25.3 Å². The molecule has 7 nitrogen and oxygen atoms in total. The monoisotopic (exact) mass is 327 g/mol. The van der Waals surface area contributed by atoms with E-state index in [1.54, 1.807) is 12.1 Å². The zero-order chi connectivity index (χ0) is 16.2. The van der Waals surface area contributed by atoms with E-state index in [0.717, 1.165) is 5.56 Å². The topological polar surface area (TPSA) is 87.7 Å². The van der Waals surface area contributed by atoms with Crippen LogP contribution >= 0.6 is 0 Å². The number of amides is 2. The summed E-state index contributed by atoms with van der Waals surface area (Å²) >= 11 is 0. The Morgan fingerprint density at radius 2 is 2.00 bits per heavy atom. The number of anilines is 1. The van der Waals surface area contributed by atoms with E-state index < -0.39 is 10.0 Å². The SMILES string of the molecule is CCNC(=O)Nc1cc(S(=O)(=O)N2CCOCC2)ccc1C. The number of nitrogens with zero attached hydrogens (tertiary/aromatic N) is 1. The summed E-state index contributed by atoms with van der Waals surface area (Å²) in [5.74, 6) is 0. The molecule has 0 aliphatic carbocycles. The van der Waals surface area contributed by atoms with Crippen LogP contribution in [0.4, 0.5) is 10.5 Å². The molecule has 1 aliphatic rings. The van der Waals surface area contributed by atoms with Gasteiger partial charge in [-0.25, -0.2) is 13.2 Å². The number of benzene rings is 1. The van der Waals surface area contributed by atoms with Crippen molar-refractivity contribution in [1.82, 2.24) is 9.62 Å². The zero-order valence-corrected chi connectivity index (χ0v) is 13.6. The first kappa shape index (κ1) is 16.7. The molecule has 0 radical (unpaired) electrons. The molecular formula is C14H21N3O4S. The summed E-state index contributed by atoms with van der Waals surface area (Å²) in [6, 6.07) is 4.39. The minimum absolute atomic E-state index is 0.173. The highest BCUT2D eigenvalue weighted by Crippen LogP contribution is 2.23. The summed E-state index contributed by atoms with van der Waals surface area (Å²) in [6.45, 7) is 5.60. The van der Waals surface area contributed by atoms with Gasteiger partial charge in [0.15, 0.2) is 0 Å². The van der Waals surface area contributed by atoms with Crippen molar-refractivity contribution in [2.24, 2.45) is 0 Å². The molecule has 2 rings (SSSR count). The van der Waals surface area contributed by atoms with Crippen molar-refractivity contribution in [2.75, 3.05) is 38.2 Å². The standard InChI is InChI=1S/C14H21N3O4S/c1-3-15-14(18)16-13-10-12(5-4-11(13)2)22(19,20)17-6-8-21-9-7-17/h4-5,10H,3,6-9H2,1-2H3,(H2,15,16,18). The van der Waals surface area contributed by atoms with Crippen molar-refractivity contribution >= 4 is 21.7 Å². The molecule has 1 aliphatic heterocycles. The summed E-state index contributed by atoms with van der Waals surface area (Å²) in [7, 11) is -3.57. The second-order valence-electron chi connectivity index (χ2n) is 4.98. The number of carbonyl (C=O) groups excluding carboxylic acids is 1. The number of aryl methyl sites for hydroxylation is 1. The van der Waals surface area contributed by atoms with Crippen molar-refractivity contribution in [3.8, 4) is 0 Å². The fourth-order valence-electron chi connectivity index (χ4n) is 2.16. The number of carbonyl (C=O) groups is 1. The van der Waals surface area contributed by atoms with Crippen LogP contribution in [0.2, 0.25) is 0 Å². The normalized spacial score (nSPS) is 16.3. The zero-order valence-electron chi connectivity index (χ0n) is 12.8. The molecule has 1 fully saturated rings. The van der Waals surface area contributed by atoms with Crippen LogP contribution in [-0.4, -0.2) is 51.6 Å². The van der Waals surface area contributed by atoms with Gasteiger partial charge >= 0.3 is 6.03 Å². The van der Waals surface area contributed by atoms with Crippen LogP contribution in [0.3, 0.4) is 0 Å². The Balaban J connectivity index is 2.26. The van der Waals surface area contributed by atoms with Crippen molar-refractivity contribution in [3.05, 3.63) is 23.8 Å². The molecule has 122 valence electrons. The van der Waals surface area contributed by atoms with Gasteiger partial charge in [-0.05, 0) is 31.5 Å². The van der Waals surface area contributed by atoms with Gasteiger partial charge in [-0.15, -0.1) is 0 Å². The molecule has 0 saturated carbocycles. The minimum atomic E-state index is -3.57. The summed E-state index contributed by atoms with van der Waals surface area (Å²) < 4.78 is 31.8. The Morgan fingerprint density at radius 1 is 1.32 bits per heavy atom. The number of morpholine rings is 1. The van der Waals surface area contributed by atoms with Crippen LogP contribution in [0.15, 0.2) is 23.1 Å². The Morgan fingerprint density at radius 3 is 2.64 bits per heavy atom. The van der Waals surface area contributed by atoms with Crippen molar-refractivity contribution < 1.29 is 17.9 Å². The van der Waals surface area contributed by atoms with E-state index in [4.69, 9.17) is 4.74 Å². The molecule has 0 bridgehead atoms. The summed E-state index contributed by atoms with van der Waals surface area (Å²) in [5.41, 5.74) is 1.28. The fourth-order valence-corrected chi connectivity index (χ4v) is 3.59. The lowest BCUT2D eigenvalue weighted by atomic mass is 10.2. The van der Waals surface area contributed by atoms with E-state index in [9.17, 15) is 13.2 Å². The van der Waals surface area contributed by atoms with Gasteiger partial charge in [-0.3, -0.25) is 0 Å². The quantitative estimate of drug-likeness (QED) is 0.868. The third-order valence-corrected chi connectivity index (χ3v) is 5.30. The van der Waals surface area contributed by atoms with E-state index in [1.165, 1.54) is 10.4 Å². The fraction of sp³-hybridized carbons (Fsp3) is 0.500. The van der Waals surface area contributed by atoms with E-state index in [2.05, 4.69) is 10.6 Å². The average Bonchev–Trinajstić information content (AvgIpc) is 2.50. The number of hydrogen-bond donors (Lipinski definition) is 2. The van der Waals surface area contributed by atoms with E-state index in [-0.39, 0.29) is 10.9 Å². The average molecular weight is 327 g/mol. The van der Waals surface area contributed by atoms with Gasteiger partial charge < -0.3 is 15.4 Å². The van der Waals surface area contributed by atoms with Crippen LogP contribution < -0.4 is 10.6 Å². The first-order valence-electron chi connectivity index (χ1n) is 7.18. The van der Waals surface area contributed by atoms with Crippen LogP contribution in [0, 0.1) is 6.92 Å². The third-order valence-electron chi connectivity index (χ3n) is 3.40. The molecule has 0 atom stereocenters.